The zero-order valence-electron chi connectivity index (χ0n) is 14.0. The van der Waals surface area contributed by atoms with Crippen molar-refractivity contribution in [3.8, 4) is 0 Å². The third-order valence-electron chi connectivity index (χ3n) is 4.46. The van der Waals surface area contributed by atoms with Crippen LogP contribution >= 0.6 is 0 Å². The number of para-hydroxylation sites is 1. The van der Waals surface area contributed by atoms with Crippen LogP contribution in [0.1, 0.15) is 37.8 Å². The SMILES string of the molecule is CC(C)c1cccc(N[C@H](C)C(=O)N2CCc3ccccc32)c1. The number of nitrogens with zero attached hydrogens (tertiary/aromatic N) is 1. The van der Waals surface area contributed by atoms with Gasteiger partial charge in [0.25, 0.3) is 0 Å². The molecule has 0 saturated heterocycles. The Kier molecular flexibility index (Phi) is 4.37. The van der Waals surface area contributed by atoms with Crippen LogP contribution in [0.2, 0.25) is 0 Å². The van der Waals surface area contributed by atoms with E-state index in [0.717, 1.165) is 24.3 Å². The summed E-state index contributed by atoms with van der Waals surface area (Å²) in [4.78, 5) is 14.7. The molecule has 2 aromatic rings. The maximum absolute atomic E-state index is 12.8. The molecule has 0 bridgehead atoms. The monoisotopic (exact) mass is 308 g/mol. The molecule has 0 spiro atoms. The Bertz CT molecular complexity index is 708. The zero-order valence-corrected chi connectivity index (χ0v) is 14.0. The molecular formula is C20H24N2O. The molecule has 0 aliphatic carbocycles. The Morgan fingerprint density at radius 2 is 1.87 bits per heavy atom. The first-order valence-corrected chi connectivity index (χ1v) is 8.32. The van der Waals surface area contributed by atoms with Crippen molar-refractivity contribution in [2.24, 2.45) is 0 Å². The van der Waals surface area contributed by atoms with E-state index in [1.807, 2.05) is 42.2 Å². The van der Waals surface area contributed by atoms with Gasteiger partial charge < -0.3 is 10.2 Å². The van der Waals surface area contributed by atoms with Crippen molar-refractivity contribution < 1.29 is 4.79 Å². The topological polar surface area (TPSA) is 32.3 Å². The molecule has 3 rings (SSSR count). The Morgan fingerprint density at radius 3 is 2.65 bits per heavy atom. The van der Waals surface area contributed by atoms with Crippen molar-refractivity contribution >= 4 is 17.3 Å². The Balaban J connectivity index is 1.73. The number of anilines is 2. The summed E-state index contributed by atoms with van der Waals surface area (Å²) in [5, 5.41) is 3.35. The third-order valence-corrected chi connectivity index (χ3v) is 4.46. The molecule has 0 unspecified atom stereocenters. The summed E-state index contributed by atoms with van der Waals surface area (Å²) < 4.78 is 0. The van der Waals surface area contributed by atoms with E-state index in [2.05, 4.69) is 37.4 Å². The van der Waals surface area contributed by atoms with Gasteiger partial charge in [-0.1, -0.05) is 44.2 Å². The van der Waals surface area contributed by atoms with Crippen LogP contribution in [0, 0.1) is 0 Å². The van der Waals surface area contributed by atoms with Crippen molar-refractivity contribution in [3.05, 3.63) is 59.7 Å². The second kappa shape index (κ2) is 6.45. The number of fused-ring (bicyclic) bond motifs is 1. The predicted octanol–water partition coefficient (Wildman–Crippen LogP) is 4.20. The van der Waals surface area contributed by atoms with Gasteiger partial charge in [-0.05, 0) is 48.6 Å². The lowest BCUT2D eigenvalue weighted by Gasteiger charge is -2.23. The summed E-state index contributed by atoms with van der Waals surface area (Å²) >= 11 is 0. The van der Waals surface area contributed by atoms with Crippen molar-refractivity contribution in [3.63, 3.8) is 0 Å². The molecule has 1 N–H and O–H groups in total. The van der Waals surface area contributed by atoms with Crippen LogP contribution in [0.5, 0.6) is 0 Å². The van der Waals surface area contributed by atoms with Gasteiger partial charge in [-0.25, -0.2) is 0 Å². The standard InChI is InChI=1S/C20H24N2O/c1-14(2)17-8-6-9-18(13-17)21-15(3)20(23)22-12-11-16-7-4-5-10-19(16)22/h4-10,13-15,21H,11-12H2,1-3H3/t15-/m1/s1. The molecule has 1 heterocycles. The third kappa shape index (κ3) is 3.24. The Hall–Kier alpha value is -2.29. The molecule has 0 saturated carbocycles. The van der Waals surface area contributed by atoms with Crippen molar-refractivity contribution in [1.29, 1.82) is 0 Å². The van der Waals surface area contributed by atoms with Crippen molar-refractivity contribution in [2.75, 3.05) is 16.8 Å². The molecule has 0 fully saturated rings. The minimum atomic E-state index is -0.247. The van der Waals surface area contributed by atoms with Gasteiger partial charge in [0.1, 0.15) is 6.04 Å². The quantitative estimate of drug-likeness (QED) is 0.918. The molecule has 0 aromatic heterocycles. The summed E-state index contributed by atoms with van der Waals surface area (Å²) in [7, 11) is 0. The highest BCUT2D eigenvalue weighted by molar-refractivity contribution is 6.00. The number of hydrogen-bond acceptors (Lipinski definition) is 2. The molecule has 3 heteroatoms. The molecule has 1 aliphatic heterocycles. The minimum Gasteiger partial charge on any atom is -0.374 e. The van der Waals surface area contributed by atoms with Crippen LogP contribution < -0.4 is 10.2 Å². The van der Waals surface area contributed by atoms with Crippen LogP contribution in [0.25, 0.3) is 0 Å². The zero-order chi connectivity index (χ0) is 16.4. The van der Waals surface area contributed by atoms with E-state index < -0.39 is 0 Å². The van der Waals surface area contributed by atoms with Gasteiger partial charge in [0.15, 0.2) is 0 Å². The van der Waals surface area contributed by atoms with Crippen LogP contribution in [-0.4, -0.2) is 18.5 Å². The van der Waals surface area contributed by atoms with E-state index in [9.17, 15) is 4.79 Å². The summed E-state index contributed by atoms with van der Waals surface area (Å²) in [5.41, 5.74) is 4.60. The van der Waals surface area contributed by atoms with Gasteiger partial charge in [0.2, 0.25) is 5.91 Å². The second-order valence-electron chi connectivity index (χ2n) is 6.51. The summed E-state index contributed by atoms with van der Waals surface area (Å²) in [6.45, 7) is 7.06. The maximum atomic E-state index is 12.8. The molecule has 0 radical (unpaired) electrons. The van der Waals surface area contributed by atoms with Crippen LogP contribution in [0.15, 0.2) is 48.5 Å². The number of hydrogen-bond donors (Lipinski definition) is 1. The van der Waals surface area contributed by atoms with Crippen LogP contribution in [0.4, 0.5) is 11.4 Å². The first kappa shape index (κ1) is 15.6. The normalized spacial score (nSPS) is 14.7. The van der Waals surface area contributed by atoms with E-state index >= 15 is 0 Å². The number of rotatable bonds is 4. The summed E-state index contributed by atoms with van der Waals surface area (Å²) in [6, 6.07) is 16.2. The lowest BCUT2D eigenvalue weighted by Crippen LogP contribution is -2.40. The average molecular weight is 308 g/mol. The molecule has 1 amide bonds. The Labute approximate surface area is 138 Å². The van der Waals surface area contributed by atoms with Gasteiger partial charge in [-0.3, -0.25) is 4.79 Å². The highest BCUT2D eigenvalue weighted by Crippen LogP contribution is 2.28. The highest BCUT2D eigenvalue weighted by Gasteiger charge is 2.27. The van der Waals surface area contributed by atoms with Gasteiger partial charge in [0, 0.05) is 17.9 Å². The fourth-order valence-corrected chi connectivity index (χ4v) is 3.10. The number of carbonyl (C=O) groups is 1. The van der Waals surface area contributed by atoms with Crippen molar-refractivity contribution in [2.45, 2.75) is 39.2 Å². The largest absolute Gasteiger partial charge is 0.374 e. The lowest BCUT2D eigenvalue weighted by atomic mass is 10.0. The maximum Gasteiger partial charge on any atom is 0.249 e. The summed E-state index contributed by atoms with van der Waals surface area (Å²) in [6.07, 6.45) is 0.942. The molecule has 120 valence electrons. The first-order valence-electron chi connectivity index (χ1n) is 8.32. The molecule has 1 atom stereocenters. The van der Waals surface area contributed by atoms with E-state index in [-0.39, 0.29) is 11.9 Å². The number of benzene rings is 2. The van der Waals surface area contributed by atoms with Gasteiger partial charge >= 0.3 is 0 Å². The van der Waals surface area contributed by atoms with Gasteiger partial charge in [0.05, 0.1) is 0 Å². The minimum absolute atomic E-state index is 0.130. The van der Waals surface area contributed by atoms with Gasteiger partial charge in [-0.2, -0.15) is 0 Å². The first-order chi connectivity index (χ1) is 11.1. The van der Waals surface area contributed by atoms with E-state index in [4.69, 9.17) is 0 Å². The highest BCUT2D eigenvalue weighted by atomic mass is 16.2. The smallest absolute Gasteiger partial charge is 0.249 e. The van der Waals surface area contributed by atoms with Crippen LogP contribution in [-0.2, 0) is 11.2 Å². The van der Waals surface area contributed by atoms with Crippen molar-refractivity contribution in [1.82, 2.24) is 0 Å². The Morgan fingerprint density at radius 1 is 1.09 bits per heavy atom. The van der Waals surface area contributed by atoms with E-state index in [1.54, 1.807) is 0 Å². The van der Waals surface area contributed by atoms with Crippen LogP contribution in [0.3, 0.4) is 0 Å². The average Bonchev–Trinajstić information content (AvgIpc) is 2.98. The molecule has 2 aromatic carbocycles. The fourth-order valence-electron chi connectivity index (χ4n) is 3.10. The van der Waals surface area contributed by atoms with E-state index in [1.165, 1.54) is 11.1 Å². The molecule has 1 aliphatic rings. The van der Waals surface area contributed by atoms with Gasteiger partial charge in [-0.15, -0.1) is 0 Å². The summed E-state index contributed by atoms with van der Waals surface area (Å²) in [5.74, 6) is 0.609. The number of carbonyl (C=O) groups excluding carboxylic acids is 1. The van der Waals surface area contributed by atoms with E-state index in [0.29, 0.717) is 5.92 Å². The fraction of sp³-hybridized carbons (Fsp3) is 0.350. The second-order valence-corrected chi connectivity index (χ2v) is 6.51. The lowest BCUT2D eigenvalue weighted by molar-refractivity contribution is -0.118. The number of nitrogens with one attached hydrogen (secondary N) is 1. The molecule has 3 nitrogen and oxygen atoms in total. The number of amides is 1. The molecule has 23 heavy (non-hydrogen) atoms. The molecular weight excluding hydrogens is 284 g/mol. The predicted molar refractivity (Wildman–Crippen MR) is 96.1 cm³/mol.